The van der Waals surface area contributed by atoms with Crippen molar-refractivity contribution in [2.75, 3.05) is 19.8 Å². The second-order valence-electron chi connectivity index (χ2n) is 3.29. The maximum absolute atomic E-state index is 9.02. The fourth-order valence-corrected chi connectivity index (χ4v) is 1.27. The van der Waals surface area contributed by atoms with E-state index in [2.05, 4.69) is 0 Å². The maximum atomic E-state index is 9.02. The van der Waals surface area contributed by atoms with E-state index in [0.717, 1.165) is 25.9 Å². The van der Waals surface area contributed by atoms with E-state index in [1.165, 1.54) is 0 Å². The number of ether oxygens (including phenoxy) is 2. The minimum Gasteiger partial charge on any atom is -0.394 e. The molecule has 0 aromatic carbocycles. The molecule has 0 aliphatic carbocycles. The zero-order valence-electron chi connectivity index (χ0n) is 7.82. The second kappa shape index (κ2) is 6.32. The Labute approximate surface area is 78.5 Å². The van der Waals surface area contributed by atoms with Gasteiger partial charge in [-0.3, -0.25) is 0 Å². The fourth-order valence-electron chi connectivity index (χ4n) is 1.27. The maximum Gasteiger partial charge on any atom is 0.157 e. The molecule has 1 fully saturated rings. The van der Waals surface area contributed by atoms with Crippen LogP contribution in [-0.2, 0) is 9.47 Å². The van der Waals surface area contributed by atoms with Crippen LogP contribution in [0.3, 0.4) is 0 Å². The summed E-state index contributed by atoms with van der Waals surface area (Å²) in [6, 6.07) is 0. The molecule has 0 aromatic heterocycles. The van der Waals surface area contributed by atoms with Crippen LogP contribution in [0.1, 0.15) is 25.7 Å². The molecule has 1 saturated heterocycles. The third-order valence-electron chi connectivity index (χ3n) is 2.10. The van der Waals surface area contributed by atoms with Gasteiger partial charge >= 0.3 is 0 Å². The summed E-state index contributed by atoms with van der Waals surface area (Å²) >= 11 is 0. The molecule has 2 unspecified atom stereocenters. The van der Waals surface area contributed by atoms with Gasteiger partial charge in [-0.1, -0.05) is 0 Å². The second-order valence-corrected chi connectivity index (χ2v) is 3.29. The Balaban J connectivity index is 1.98. The summed E-state index contributed by atoms with van der Waals surface area (Å²) in [5, 5.41) is 17.6. The smallest absolute Gasteiger partial charge is 0.157 e. The van der Waals surface area contributed by atoms with Gasteiger partial charge in [0.1, 0.15) is 0 Å². The molecule has 0 amide bonds. The number of aliphatic hydroxyl groups excluding tert-OH is 2. The number of hydrogen-bond acceptors (Lipinski definition) is 4. The van der Waals surface area contributed by atoms with Crippen LogP contribution in [0.5, 0.6) is 0 Å². The van der Waals surface area contributed by atoms with Gasteiger partial charge in [0.2, 0.25) is 0 Å². The molecule has 0 spiro atoms. The molecule has 4 heteroatoms. The Morgan fingerprint density at radius 1 is 1.46 bits per heavy atom. The number of rotatable bonds is 5. The lowest BCUT2D eigenvalue weighted by atomic mass is 10.2. The minimum atomic E-state index is -0.663. The van der Waals surface area contributed by atoms with Crippen molar-refractivity contribution in [1.82, 2.24) is 0 Å². The average molecular weight is 190 g/mol. The Morgan fingerprint density at radius 2 is 2.31 bits per heavy atom. The standard InChI is InChI=1S/C9H18O4/c10-7-8(11)4-6-13-9-3-1-2-5-12-9/h8-11H,1-7H2. The first kappa shape index (κ1) is 10.9. The van der Waals surface area contributed by atoms with Crippen LogP contribution in [0.2, 0.25) is 0 Å². The average Bonchev–Trinajstić information content (AvgIpc) is 2.19. The molecule has 78 valence electrons. The summed E-state index contributed by atoms with van der Waals surface area (Å²) < 4.78 is 10.7. The fraction of sp³-hybridized carbons (Fsp3) is 1.00. The highest BCUT2D eigenvalue weighted by molar-refractivity contribution is 4.56. The van der Waals surface area contributed by atoms with Crippen molar-refractivity contribution in [2.24, 2.45) is 0 Å². The van der Waals surface area contributed by atoms with Gasteiger partial charge in [-0.05, 0) is 25.7 Å². The van der Waals surface area contributed by atoms with Crippen molar-refractivity contribution < 1.29 is 19.7 Å². The Kier molecular flexibility index (Phi) is 5.31. The Hall–Kier alpha value is -0.160. The van der Waals surface area contributed by atoms with Crippen molar-refractivity contribution in [3.8, 4) is 0 Å². The number of hydrogen-bond donors (Lipinski definition) is 2. The van der Waals surface area contributed by atoms with E-state index in [4.69, 9.17) is 19.7 Å². The van der Waals surface area contributed by atoms with Crippen molar-refractivity contribution in [3.63, 3.8) is 0 Å². The lowest BCUT2D eigenvalue weighted by molar-refractivity contribution is -0.166. The molecule has 0 bridgehead atoms. The molecule has 1 heterocycles. The largest absolute Gasteiger partial charge is 0.394 e. The molecule has 2 atom stereocenters. The molecular weight excluding hydrogens is 172 g/mol. The molecule has 0 aromatic rings. The van der Waals surface area contributed by atoms with Gasteiger partial charge in [0.15, 0.2) is 6.29 Å². The van der Waals surface area contributed by atoms with Gasteiger partial charge < -0.3 is 19.7 Å². The van der Waals surface area contributed by atoms with Crippen LogP contribution < -0.4 is 0 Å². The highest BCUT2D eigenvalue weighted by Gasteiger charge is 2.14. The van der Waals surface area contributed by atoms with Crippen molar-refractivity contribution >= 4 is 0 Å². The van der Waals surface area contributed by atoms with Gasteiger partial charge in [0, 0.05) is 6.61 Å². The van der Waals surface area contributed by atoms with Crippen LogP contribution in [0.25, 0.3) is 0 Å². The zero-order valence-corrected chi connectivity index (χ0v) is 7.82. The van der Waals surface area contributed by atoms with E-state index in [1.54, 1.807) is 0 Å². The molecule has 2 N–H and O–H groups in total. The van der Waals surface area contributed by atoms with E-state index >= 15 is 0 Å². The monoisotopic (exact) mass is 190 g/mol. The van der Waals surface area contributed by atoms with E-state index < -0.39 is 6.10 Å². The van der Waals surface area contributed by atoms with Crippen LogP contribution >= 0.6 is 0 Å². The lowest BCUT2D eigenvalue weighted by Crippen LogP contribution is -2.24. The van der Waals surface area contributed by atoms with Gasteiger partial charge in [0.05, 0.1) is 19.3 Å². The van der Waals surface area contributed by atoms with Crippen molar-refractivity contribution in [1.29, 1.82) is 0 Å². The molecule has 0 radical (unpaired) electrons. The SMILES string of the molecule is OCC(O)CCOC1CCCCO1. The van der Waals surface area contributed by atoms with Crippen LogP contribution in [0.15, 0.2) is 0 Å². The molecule has 0 saturated carbocycles. The molecule has 1 aliphatic rings. The summed E-state index contributed by atoms with van der Waals surface area (Å²) in [6.07, 6.45) is 2.90. The molecule has 1 rings (SSSR count). The summed E-state index contributed by atoms with van der Waals surface area (Å²) in [4.78, 5) is 0. The quantitative estimate of drug-likeness (QED) is 0.653. The van der Waals surface area contributed by atoms with Gasteiger partial charge in [0.25, 0.3) is 0 Å². The molecular formula is C9H18O4. The summed E-state index contributed by atoms with van der Waals surface area (Å²) in [7, 11) is 0. The zero-order chi connectivity index (χ0) is 9.52. The van der Waals surface area contributed by atoms with Crippen molar-refractivity contribution in [2.45, 2.75) is 38.1 Å². The lowest BCUT2D eigenvalue weighted by Gasteiger charge is -2.22. The first-order valence-electron chi connectivity index (χ1n) is 4.85. The first-order valence-corrected chi connectivity index (χ1v) is 4.85. The van der Waals surface area contributed by atoms with E-state index in [0.29, 0.717) is 13.0 Å². The topological polar surface area (TPSA) is 58.9 Å². The molecule has 1 aliphatic heterocycles. The highest BCUT2D eigenvalue weighted by atomic mass is 16.7. The van der Waals surface area contributed by atoms with Crippen molar-refractivity contribution in [3.05, 3.63) is 0 Å². The van der Waals surface area contributed by atoms with Crippen LogP contribution in [0.4, 0.5) is 0 Å². The summed E-state index contributed by atoms with van der Waals surface area (Å²) in [5.74, 6) is 0. The van der Waals surface area contributed by atoms with Crippen LogP contribution in [0, 0.1) is 0 Å². The highest BCUT2D eigenvalue weighted by Crippen LogP contribution is 2.13. The minimum absolute atomic E-state index is 0.0976. The third kappa shape index (κ3) is 4.57. The Bertz CT molecular complexity index is 123. The Morgan fingerprint density at radius 3 is 2.92 bits per heavy atom. The van der Waals surface area contributed by atoms with E-state index in [1.807, 2.05) is 0 Å². The predicted octanol–water partition coefficient (Wildman–Crippen LogP) is 0.273. The normalized spacial score (nSPS) is 25.8. The first-order chi connectivity index (χ1) is 6.33. The molecule has 13 heavy (non-hydrogen) atoms. The van der Waals surface area contributed by atoms with Gasteiger partial charge in [-0.15, -0.1) is 0 Å². The van der Waals surface area contributed by atoms with E-state index in [9.17, 15) is 0 Å². The third-order valence-corrected chi connectivity index (χ3v) is 2.10. The summed E-state index contributed by atoms with van der Waals surface area (Å²) in [6.45, 7) is 1.02. The van der Waals surface area contributed by atoms with Gasteiger partial charge in [-0.2, -0.15) is 0 Å². The van der Waals surface area contributed by atoms with E-state index in [-0.39, 0.29) is 12.9 Å². The summed E-state index contributed by atoms with van der Waals surface area (Å²) in [5.41, 5.74) is 0. The van der Waals surface area contributed by atoms with Crippen LogP contribution in [-0.4, -0.2) is 42.4 Å². The predicted molar refractivity (Wildman–Crippen MR) is 47.3 cm³/mol. The molecule has 4 nitrogen and oxygen atoms in total. The number of aliphatic hydroxyl groups is 2. The van der Waals surface area contributed by atoms with Gasteiger partial charge in [-0.25, -0.2) is 0 Å².